The van der Waals surface area contributed by atoms with Crippen molar-refractivity contribution in [3.63, 3.8) is 0 Å². The Kier molecular flexibility index (Phi) is 5.71. The van der Waals surface area contributed by atoms with E-state index in [1.54, 1.807) is 7.11 Å². The van der Waals surface area contributed by atoms with Gasteiger partial charge < -0.3 is 14.4 Å². The lowest BCUT2D eigenvalue weighted by Crippen LogP contribution is -2.48. The van der Waals surface area contributed by atoms with Gasteiger partial charge in [0.05, 0.1) is 7.11 Å². The van der Waals surface area contributed by atoms with Crippen LogP contribution in [0.5, 0.6) is 11.5 Å². The Morgan fingerprint density at radius 1 is 0.964 bits per heavy atom. The molecule has 28 heavy (non-hydrogen) atoms. The molecule has 0 bridgehead atoms. The highest BCUT2D eigenvalue weighted by Gasteiger charge is 2.36. The first-order valence-electron chi connectivity index (χ1n) is 8.44. The fraction of sp³-hybridized carbons (Fsp3) is 0.333. The lowest BCUT2D eigenvalue weighted by Gasteiger charge is -2.35. The third kappa shape index (κ3) is 4.50. The van der Waals surface area contributed by atoms with Crippen LogP contribution in [0, 0.1) is 0 Å². The van der Waals surface area contributed by atoms with Gasteiger partial charge in [-0.1, -0.05) is 18.2 Å². The molecule has 0 aliphatic carbocycles. The molecule has 2 aromatic rings. The molecule has 2 aromatic carbocycles. The van der Waals surface area contributed by atoms with Crippen LogP contribution in [0.2, 0.25) is 0 Å². The Bertz CT molecular complexity index is 926. The summed E-state index contributed by atoms with van der Waals surface area (Å²) in [5.41, 5.74) is 0.886. The van der Waals surface area contributed by atoms with Crippen molar-refractivity contribution < 1.29 is 31.1 Å². The van der Waals surface area contributed by atoms with Gasteiger partial charge in [0.15, 0.2) is 0 Å². The van der Waals surface area contributed by atoms with E-state index >= 15 is 0 Å². The molecular formula is C18H19F3N2O4S. The summed E-state index contributed by atoms with van der Waals surface area (Å²) in [5, 5.41) is 0. The molecular weight excluding hydrogens is 397 g/mol. The van der Waals surface area contributed by atoms with E-state index in [9.17, 15) is 21.6 Å². The predicted octanol–water partition coefficient (Wildman–Crippen LogP) is 3.10. The lowest BCUT2D eigenvalue weighted by atomic mass is 10.2. The van der Waals surface area contributed by atoms with Crippen molar-refractivity contribution >= 4 is 15.7 Å². The van der Waals surface area contributed by atoms with E-state index in [1.807, 2.05) is 29.2 Å². The molecule has 1 aliphatic rings. The van der Waals surface area contributed by atoms with Crippen LogP contribution in [0.25, 0.3) is 0 Å². The number of ether oxygens (including phenoxy) is 2. The maximum Gasteiger partial charge on any atom is 0.573 e. The summed E-state index contributed by atoms with van der Waals surface area (Å²) in [6.45, 7) is 1.07. The molecule has 0 spiro atoms. The van der Waals surface area contributed by atoms with Gasteiger partial charge in [-0.25, -0.2) is 8.42 Å². The van der Waals surface area contributed by atoms with Crippen molar-refractivity contribution in [3.8, 4) is 11.5 Å². The molecule has 1 heterocycles. The average molecular weight is 416 g/mol. The minimum atomic E-state index is -4.98. The number of methoxy groups -OCH3 is 1. The Balaban J connectivity index is 1.77. The van der Waals surface area contributed by atoms with E-state index < -0.39 is 27.0 Å². The predicted molar refractivity (Wildman–Crippen MR) is 97.1 cm³/mol. The second kappa shape index (κ2) is 7.88. The Morgan fingerprint density at radius 3 is 2.29 bits per heavy atom. The van der Waals surface area contributed by atoms with Crippen LogP contribution in [0.3, 0.4) is 0 Å². The molecule has 0 atom stereocenters. The van der Waals surface area contributed by atoms with E-state index in [2.05, 4.69) is 4.74 Å². The van der Waals surface area contributed by atoms with Crippen LogP contribution >= 0.6 is 0 Å². The fourth-order valence-electron chi connectivity index (χ4n) is 3.01. The highest BCUT2D eigenvalue weighted by Crippen LogP contribution is 2.32. The average Bonchev–Trinajstić information content (AvgIpc) is 2.67. The number of sulfonamides is 1. The summed E-state index contributed by atoms with van der Waals surface area (Å²) in [6.07, 6.45) is -4.98. The van der Waals surface area contributed by atoms with Crippen LogP contribution in [-0.4, -0.2) is 52.4 Å². The zero-order valence-electron chi connectivity index (χ0n) is 15.0. The van der Waals surface area contributed by atoms with E-state index in [-0.39, 0.29) is 13.1 Å². The van der Waals surface area contributed by atoms with Crippen molar-refractivity contribution in [2.75, 3.05) is 38.2 Å². The van der Waals surface area contributed by atoms with E-state index in [0.717, 1.165) is 17.8 Å². The van der Waals surface area contributed by atoms with Gasteiger partial charge in [0.25, 0.3) is 0 Å². The van der Waals surface area contributed by atoms with Gasteiger partial charge in [-0.15, -0.1) is 13.2 Å². The molecule has 0 N–H and O–H groups in total. The Morgan fingerprint density at radius 2 is 1.64 bits per heavy atom. The summed E-state index contributed by atoms with van der Waals surface area (Å²) in [6, 6.07) is 12.1. The Hall–Kier alpha value is -2.46. The zero-order chi connectivity index (χ0) is 20.4. The van der Waals surface area contributed by atoms with Crippen LogP contribution < -0.4 is 14.4 Å². The van der Waals surface area contributed by atoms with Crippen LogP contribution in [0.1, 0.15) is 0 Å². The molecule has 0 unspecified atom stereocenters. The molecule has 0 radical (unpaired) electrons. The van der Waals surface area contributed by atoms with Gasteiger partial charge in [-0.05, 0) is 24.3 Å². The standard InChI is InChI=1S/C18H19F3N2O4S/c1-26-15-6-4-5-14(13-15)22-9-11-23(12-10-22)28(24,25)17-8-3-2-7-16(17)27-18(19,20)21/h2-8,13H,9-12H2,1H3. The number of rotatable bonds is 5. The smallest absolute Gasteiger partial charge is 0.497 e. The number of benzene rings is 2. The van der Waals surface area contributed by atoms with Gasteiger partial charge in [0.2, 0.25) is 10.0 Å². The van der Waals surface area contributed by atoms with Gasteiger partial charge in [-0.2, -0.15) is 4.31 Å². The lowest BCUT2D eigenvalue weighted by molar-refractivity contribution is -0.275. The first-order chi connectivity index (χ1) is 13.2. The quantitative estimate of drug-likeness (QED) is 0.750. The van der Waals surface area contributed by atoms with Gasteiger partial charge in [0, 0.05) is 37.9 Å². The number of hydrogen-bond acceptors (Lipinski definition) is 5. The number of para-hydroxylation sites is 1. The molecule has 0 amide bonds. The van der Waals surface area contributed by atoms with Crippen molar-refractivity contribution in [1.29, 1.82) is 0 Å². The monoisotopic (exact) mass is 416 g/mol. The second-order valence-electron chi connectivity index (χ2n) is 6.09. The Labute approximate surface area is 161 Å². The van der Waals surface area contributed by atoms with Crippen molar-refractivity contribution in [3.05, 3.63) is 48.5 Å². The summed E-state index contributed by atoms with van der Waals surface area (Å²) < 4.78 is 73.8. The molecule has 1 saturated heterocycles. The largest absolute Gasteiger partial charge is 0.573 e. The van der Waals surface area contributed by atoms with Gasteiger partial charge in [0.1, 0.15) is 16.4 Å². The third-order valence-electron chi connectivity index (χ3n) is 4.35. The minimum absolute atomic E-state index is 0.139. The second-order valence-corrected chi connectivity index (χ2v) is 7.99. The third-order valence-corrected chi connectivity index (χ3v) is 6.29. The van der Waals surface area contributed by atoms with E-state index in [1.165, 1.54) is 16.4 Å². The maximum atomic E-state index is 12.9. The summed E-state index contributed by atoms with van der Waals surface area (Å²) >= 11 is 0. The number of nitrogens with zero attached hydrogens (tertiary/aromatic N) is 2. The molecule has 10 heteroatoms. The molecule has 1 aliphatic heterocycles. The van der Waals surface area contributed by atoms with Crippen LogP contribution in [0.4, 0.5) is 18.9 Å². The van der Waals surface area contributed by atoms with Crippen LogP contribution in [0.15, 0.2) is 53.4 Å². The number of hydrogen-bond donors (Lipinski definition) is 0. The summed E-state index contributed by atoms with van der Waals surface area (Å²) in [7, 11) is -2.57. The maximum absolute atomic E-state index is 12.9. The zero-order valence-corrected chi connectivity index (χ0v) is 15.8. The van der Waals surface area contributed by atoms with Gasteiger partial charge in [-0.3, -0.25) is 0 Å². The van der Waals surface area contributed by atoms with E-state index in [0.29, 0.717) is 18.8 Å². The SMILES string of the molecule is COc1cccc(N2CCN(S(=O)(=O)c3ccccc3OC(F)(F)F)CC2)c1. The topological polar surface area (TPSA) is 59.1 Å². The highest BCUT2D eigenvalue weighted by atomic mass is 32.2. The fourth-order valence-corrected chi connectivity index (χ4v) is 4.54. The molecule has 1 fully saturated rings. The van der Waals surface area contributed by atoms with Crippen molar-refractivity contribution in [1.82, 2.24) is 4.31 Å². The summed E-state index contributed by atoms with van der Waals surface area (Å²) in [4.78, 5) is 1.49. The van der Waals surface area contributed by atoms with E-state index in [4.69, 9.17) is 4.74 Å². The normalized spacial score (nSPS) is 16.1. The summed E-state index contributed by atoms with van der Waals surface area (Å²) in [5.74, 6) is -0.0454. The molecule has 3 rings (SSSR count). The number of anilines is 1. The number of halogens is 3. The molecule has 0 saturated carbocycles. The first-order valence-corrected chi connectivity index (χ1v) is 9.88. The van der Waals surface area contributed by atoms with Crippen molar-refractivity contribution in [2.24, 2.45) is 0 Å². The number of alkyl halides is 3. The molecule has 152 valence electrons. The number of piperazine rings is 1. The van der Waals surface area contributed by atoms with Crippen LogP contribution in [-0.2, 0) is 10.0 Å². The first kappa shape index (κ1) is 20.3. The van der Waals surface area contributed by atoms with Gasteiger partial charge >= 0.3 is 6.36 Å². The minimum Gasteiger partial charge on any atom is -0.497 e. The highest BCUT2D eigenvalue weighted by molar-refractivity contribution is 7.89. The molecule has 6 nitrogen and oxygen atoms in total. The molecule has 0 aromatic heterocycles. The van der Waals surface area contributed by atoms with Crippen molar-refractivity contribution in [2.45, 2.75) is 11.3 Å².